The van der Waals surface area contributed by atoms with Crippen molar-refractivity contribution in [3.8, 4) is 0 Å². The van der Waals surface area contributed by atoms with E-state index in [4.69, 9.17) is 0 Å². The summed E-state index contributed by atoms with van der Waals surface area (Å²) in [5.74, 6) is 0. The van der Waals surface area contributed by atoms with Crippen molar-refractivity contribution < 1.29 is 8.42 Å². The maximum absolute atomic E-state index is 12.5. The number of H-pyrrole nitrogens is 1. The Morgan fingerprint density at radius 3 is 2.65 bits per heavy atom. The van der Waals surface area contributed by atoms with Crippen LogP contribution >= 0.6 is 0 Å². The van der Waals surface area contributed by atoms with Crippen LogP contribution in [0.15, 0.2) is 11.2 Å². The number of hydrogen-bond donors (Lipinski definition) is 3. The highest BCUT2D eigenvalue weighted by Gasteiger charge is 2.30. The van der Waals surface area contributed by atoms with E-state index < -0.39 is 10.0 Å². The van der Waals surface area contributed by atoms with E-state index in [2.05, 4.69) is 20.3 Å². The van der Waals surface area contributed by atoms with Gasteiger partial charge in [0.05, 0.1) is 6.20 Å². The topological polar surface area (TPSA) is 90.1 Å². The molecule has 0 aromatic carbocycles. The minimum absolute atomic E-state index is 0.136. The van der Waals surface area contributed by atoms with Gasteiger partial charge in [-0.1, -0.05) is 6.42 Å². The molecule has 114 valence electrons. The molecule has 2 rings (SSSR count). The highest BCUT2D eigenvalue weighted by molar-refractivity contribution is 7.89. The van der Waals surface area contributed by atoms with E-state index in [-0.39, 0.29) is 17.1 Å². The van der Waals surface area contributed by atoms with Gasteiger partial charge in [-0.3, -0.25) is 5.10 Å². The van der Waals surface area contributed by atoms with Crippen LogP contribution in [0, 0.1) is 0 Å². The van der Waals surface area contributed by atoms with Crippen molar-refractivity contribution in [2.45, 2.75) is 56.8 Å². The second-order valence-electron chi connectivity index (χ2n) is 5.39. The summed E-state index contributed by atoms with van der Waals surface area (Å²) in [6, 6.07) is 0.397. The molecule has 8 heteroatoms. The maximum Gasteiger partial charge on any atom is 0.270 e. The summed E-state index contributed by atoms with van der Waals surface area (Å²) >= 11 is 0. The number of piperidine rings is 1. The number of nitrogens with one attached hydrogen (secondary N) is 3. The molecular weight excluding hydrogens is 278 g/mol. The van der Waals surface area contributed by atoms with E-state index in [9.17, 15) is 8.42 Å². The van der Waals surface area contributed by atoms with Gasteiger partial charge in [0.2, 0.25) is 0 Å². The van der Waals surface area contributed by atoms with Gasteiger partial charge in [-0.25, -0.2) is 13.4 Å². The summed E-state index contributed by atoms with van der Waals surface area (Å²) in [6.45, 7) is 4.54. The fourth-order valence-corrected chi connectivity index (χ4v) is 4.01. The standard InChI is InChI=1S/C12H23N5O2S/c1-9-5-4-6-10(2)17(9)16-20(18,19)12-11(7-13-3)8-14-15-12/h8-10,13,16H,4-7H2,1-3H3,(H,14,15). The molecule has 20 heavy (non-hydrogen) atoms. The van der Waals surface area contributed by atoms with E-state index in [1.54, 1.807) is 7.05 Å². The average molecular weight is 301 g/mol. The molecule has 0 bridgehead atoms. The molecule has 1 saturated heterocycles. The number of hydrogen-bond acceptors (Lipinski definition) is 5. The first kappa shape index (κ1) is 15.4. The Balaban J connectivity index is 2.20. The first-order chi connectivity index (χ1) is 9.45. The predicted octanol–water partition coefficient (Wildman–Crippen LogP) is 0.585. The minimum Gasteiger partial charge on any atom is -0.316 e. The fraction of sp³-hybridized carbons (Fsp3) is 0.750. The molecule has 0 spiro atoms. The Morgan fingerprint density at radius 1 is 1.40 bits per heavy atom. The normalized spacial score (nSPS) is 24.9. The molecule has 2 heterocycles. The summed E-state index contributed by atoms with van der Waals surface area (Å²) in [6.07, 6.45) is 4.67. The molecular formula is C12H23N5O2S. The van der Waals surface area contributed by atoms with Crippen molar-refractivity contribution in [1.82, 2.24) is 25.4 Å². The van der Waals surface area contributed by atoms with Gasteiger partial charge >= 0.3 is 0 Å². The highest BCUT2D eigenvalue weighted by atomic mass is 32.2. The van der Waals surface area contributed by atoms with Gasteiger partial charge in [0.25, 0.3) is 10.0 Å². The van der Waals surface area contributed by atoms with Gasteiger partial charge in [0, 0.05) is 24.2 Å². The van der Waals surface area contributed by atoms with E-state index in [0.29, 0.717) is 12.1 Å². The molecule has 1 aromatic heterocycles. The van der Waals surface area contributed by atoms with Gasteiger partial charge < -0.3 is 5.32 Å². The Morgan fingerprint density at radius 2 is 2.05 bits per heavy atom. The third kappa shape index (κ3) is 3.20. The smallest absolute Gasteiger partial charge is 0.270 e. The van der Waals surface area contributed by atoms with Crippen LogP contribution < -0.4 is 10.1 Å². The summed E-state index contributed by atoms with van der Waals surface area (Å²) in [5, 5.41) is 11.3. The highest BCUT2D eigenvalue weighted by Crippen LogP contribution is 2.22. The Hall–Kier alpha value is -0.960. The fourth-order valence-electron chi connectivity index (χ4n) is 2.63. The van der Waals surface area contributed by atoms with Gasteiger partial charge in [0.1, 0.15) is 0 Å². The lowest BCUT2D eigenvalue weighted by Gasteiger charge is -2.38. The number of hydrazine groups is 1. The molecule has 0 radical (unpaired) electrons. The lowest BCUT2D eigenvalue weighted by molar-refractivity contribution is 0.0789. The average Bonchev–Trinajstić information content (AvgIpc) is 2.84. The minimum atomic E-state index is -3.62. The van der Waals surface area contributed by atoms with Crippen LogP contribution in [0.4, 0.5) is 0 Å². The Kier molecular flexibility index (Phi) is 4.79. The lowest BCUT2D eigenvalue weighted by Crippen LogP contribution is -2.54. The second kappa shape index (κ2) is 6.21. The zero-order chi connectivity index (χ0) is 14.8. The quantitative estimate of drug-likeness (QED) is 0.740. The molecule has 1 aliphatic heterocycles. The van der Waals surface area contributed by atoms with Crippen molar-refractivity contribution in [2.75, 3.05) is 7.05 Å². The van der Waals surface area contributed by atoms with E-state index in [1.807, 2.05) is 18.9 Å². The Bertz CT molecular complexity index is 532. The first-order valence-electron chi connectivity index (χ1n) is 6.93. The van der Waals surface area contributed by atoms with Crippen LogP contribution in [0.3, 0.4) is 0 Å². The maximum atomic E-state index is 12.5. The number of rotatable bonds is 5. The number of aromatic amines is 1. The van der Waals surface area contributed by atoms with Gasteiger partial charge in [-0.2, -0.15) is 5.10 Å². The van der Waals surface area contributed by atoms with Crippen LogP contribution in [0.25, 0.3) is 0 Å². The van der Waals surface area contributed by atoms with Crippen LogP contribution in [0.2, 0.25) is 0 Å². The van der Waals surface area contributed by atoms with E-state index in [0.717, 1.165) is 19.3 Å². The third-order valence-corrected chi connectivity index (χ3v) is 5.08. The van der Waals surface area contributed by atoms with Crippen LogP contribution in [0.1, 0.15) is 38.7 Å². The number of nitrogens with zero attached hydrogens (tertiary/aromatic N) is 2. The summed E-state index contributed by atoms with van der Waals surface area (Å²) < 4.78 is 25.0. The zero-order valence-electron chi connectivity index (χ0n) is 12.2. The lowest BCUT2D eigenvalue weighted by atomic mass is 10.0. The molecule has 0 saturated carbocycles. The zero-order valence-corrected chi connectivity index (χ0v) is 13.0. The summed E-state index contributed by atoms with van der Waals surface area (Å²) in [4.78, 5) is 2.70. The number of aromatic nitrogens is 2. The van der Waals surface area contributed by atoms with Crippen LogP contribution in [-0.2, 0) is 16.6 Å². The van der Waals surface area contributed by atoms with E-state index in [1.165, 1.54) is 6.20 Å². The van der Waals surface area contributed by atoms with Crippen LogP contribution in [0.5, 0.6) is 0 Å². The summed E-state index contributed by atoms with van der Waals surface area (Å²) in [7, 11) is -1.85. The molecule has 2 atom stereocenters. The van der Waals surface area contributed by atoms with Crippen molar-refractivity contribution in [1.29, 1.82) is 0 Å². The van der Waals surface area contributed by atoms with Gasteiger partial charge in [-0.15, -0.1) is 4.83 Å². The molecule has 0 aliphatic carbocycles. The molecule has 1 aliphatic rings. The second-order valence-corrected chi connectivity index (χ2v) is 6.98. The van der Waals surface area contributed by atoms with Gasteiger partial charge in [0.15, 0.2) is 5.03 Å². The summed E-state index contributed by atoms with van der Waals surface area (Å²) in [5.41, 5.74) is 0.636. The molecule has 2 unspecified atom stereocenters. The van der Waals surface area contributed by atoms with Crippen molar-refractivity contribution in [2.24, 2.45) is 0 Å². The number of sulfonamides is 1. The van der Waals surface area contributed by atoms with Crippen molar-refractivity contribution >= 4 is 10.0 Å². The molecule has 3 N–H and O–H groups in total. The molecule has 1 fully saturated rings. The van der Waals surface area contributed by atoms with Gasteiger partial charge in [-0.05, 0) is 33.7 Å². The molecule has 7 nitrogen and oxygen atoms in total. The Labute approximate surface area is 120 Å². The van der Waals surface area contributed by atoms with Crippen LogP contribution in [-0.4, -0.2) is 42.8 Å². The SMILES string of the molecule is CNCc1cn[nH]c1S(=O)(=O)NN1C(C)CCCC1C. The predicted molar refractivity (Wildman–Crippen MR) is 76.3 cm³/mol. The van der Waals surface area contributed by atoms with Crippen molar-refractivity contribution in [3.05, 3.63) is 11.8 Å². The van der Waals surface area contributed by atoms with E-state index >= 15 is 0 Å². The molecule has 0 amide bonds. The molecule has 1 aromatic rings. The monoisotopic (exact) mass is 301 g/mol. The first-order valence-corrected chi connectivity index (χ1v) is 8.41. The largest absolute Gasteiger partial charge is 0.316 e. The van der Waals surface area contributed by atoms with Crippen molar-refractivity contribution in [3.63, 3.8) is 0 Å². The third-order valence-electron chi connectivity index (χ3n) is 3.73.